The number of carboxylic acid groups (broad SMARTS) is 1. The van der Waals surface area contributed by atoms with E-state index in [0.717, 1.165) is 25.7 Å². The zero-order chi connectivity index (χ0) is 17.7. The van der Waals surface area contributed by atoms with Crippen LogP contribution < -0.4 is 5.32 Å². The van der Waals surface area contributed by atoms with Gasteiger partial charge in [-0.1, -0.05) is 47.0 Å². The second-order valence-corrected chi connectivity index (χ2v) is 7.25. The molecular weight excluding hydrogens is 294 g/mol. The number of hydrogen-bond acceptors (Lipinski definition) is 3. The lowest BCUT2D eigenvalue weighted by atomic mass is 9.54. The molecule has 134 valence electrons. The van der Waals surface area contributed by atoms with Crippen molar-refractivity contribution in [1.82, 2.24) is 5.32 Å². The summed E-state index contributed by atoms with van der Waals surface area (Å²) in [5.41, 5.74) is -1.83. The van der Waals surface area contributed by atoms with Gasteiger partial charge in [-0.15, -0.1) is 0 Å². The van der Waals surface area contributed by atoms with E-state index in [1.165, 1.54) is 0 Å². The van der Waals surface area contributed by atoms with Gasteiger partial charge in [-0.2, -0.15) is 0 Å². The Hall–Kier alpha value is -1.10. The van der Waals surface area contributed by atoms with Gasteiger partial charge in [0, 0.05) is 24.9 Å². The van der Waals surface area contributed by atoms with E-state index in [4.69, 9.17) is 4.74 Å². The topological polar surface area (TPSA) is 75.6 Å². The summed E-state index contributed by atoms with van der Waals surface area (Å²) in [6.45, 7) is 10.4. The van der Waals surface area contributed by atoms with E-state index in [1.807, 2.05) is 20.8 Å². The Morgan fingerprint density at radius 1 is 1.30 bits per heavy atom. The van der Waals surface area contributed by atoms with Gasteiger partial charge in [-0.25, -0.2) is 4.79 Å². The predicted octanol–water partition coefficient (Wildman–Crippen LogP) is 3.37. The highest BCUT2D eigenvalue weighted by atomic mass is 16.5. The summed E-state index contributed by atoms with van der Waals surface area (Å²) in [7, 11) is 0. The van der Waals surface area contributed by atoms with Crippen LogP contribution >= 0.6 is 0 Å². The van der Waals surface area contributed by atoms with Crippen molar-refractivity contribution in [2.45, 2.75) is 84.8 Å². The minimum absolute atomic E-state index is 0.133. The zero-order valence-electron chi connectivity index (χ0n) is 15.3. The summed E-state index contributed by atoms with van der Waals surface area (Å²) >= 11 is 0. The predicted molar refractivity (Wildman–Crippen MR) is 90.2 cm³/mol. The van der Waals surface area contributed by atoms with Gasteiger partial charge in [0.1, 0.15) is 5.54 Å². The molecule has 1 aliphatic carbocycles. The SMILES string of the molecule is CCCCC(CC)CC(=O)NC1(C(=O)O)CC(OCC)C1(C)C. The maximum Gasteiger partial charge on any atom is 0.330 e. The smallest absolute Gasteiger partial charge is 0.330 e. The van der Waals surface area contributed by atoms with Crippen molar-refractivity contribution in [1.29, 1.82) is 0 Å². The Labute approximate surface area is 140 Å². The molecular formula is C18H33NO4. The molecule has 5 nitrogen and oxygen atoms in total. The van der Waals surface area contributed by atoms with E-state index in [9.17, 15) is 14.7 Å². The van der Waals surface area contributed by atoms with E-state index >= 15 is 0 Å². The molecule has 1 amide bonds. The summed E-state index contributed by atoms with van der Waals surface area (Å²) in [6, 6.07) is 0. The fourth-order valence-electron chi connectivity index (χ4n) is 3.53. The van der Waals surface area contributed by atoms with Crippen LogP contribution in [0.2, 0.25) is 0 Å². The van der Waals surface area contributed by atoms with Gasteiger partial charge in [0.2, 0.25) is 5.91 Å². The first kappa shape index (κ1) is 19.9. The number of hydrogen-bond donors (Lipinski definition) is 2. The quantitative estimate of drug-likeness (QED) is 0.645. The molecule has 3 unspecified atom stereocenters. The van der Waals surface area contributed by atoms with Gasteiger partial charge in [0.05, 0.1) is 6.10 Å². The van der Waals surface area contributed by atoms with E-state index in [0.29, 0.717) is 25.4 Å². The minimum Gasteiger partial charge on any atom is -0.479 e. The van der Waals surface area contributed by atoms with Crippen LogP contribution in [0.4, 0.5) is 0 Å². The van der Waals surface area contributed by atoms with Crippen molar-refractivity contribution in [2.24, 2.45) is 11.3 Å². The standard InChI is InChI=1S/C18H33NO4/c1-6-9-10-13(7-2)11-15(20)19-18(16(21)22)12-14(23-8-3)17(18,4)5/h13-14H,6-12H2,1-5H3,(H,19,20)(H,21,22). The van der Waals surface area contributed by atoms with Crippen LogP contribution in [0.3, 0.4) is 0 Å². The number of rotatable bonds is 10. The summed E-state index contributed by atoms with van der Waals surface area (Å²) in [5, 5.41) is 12.5. The Morgan fingerprint density at radius 3 is 2.39 bits per heavy atom. The van der Waals surface area contributed by atoms with Gasteiger partial charge in [-0.05, 0) is 19.3 Å². The highest BCUT2D eigenvalue weighted by molar-refractivity contribution is 5.89. The lowest BCUT2D eigenvalue weighted by Gasteiger charge is -2.58. The summed E-state index contributed by atoms with van der Waals surface area (Å²) in [4.78, 5) is 24.3. The van der Waals surface area contributed by atoms with Crippen LogP contribution in [0.25, 0.3) is 0 Å². The number of carbonyl (C=O) groups excluding carboxylic acids is 1. The lowest BCUT2D eigenvalue weighted by molar-refractivity contribution is -0.194. The normalized spacial score (nSPS) is 27.1. The van der Waals surface area contributed by atoms with Crippen LogP contribution in [0.5, 0.6) is 0 Å². The molecule has 23 heavy (non-hydrogen) atoms. The van der Waals surface area contributed by atoms with Gasteiger partial charge in [0.15, 0.2) is 0 Å². The molecule has 0 aromatic carbocycles. The molecule has 5 heteroatoms. The summed E-state index contributed by atoms with van der Waals surface area (Å²) in [6.07, 6.45) is 4.78. The van der Waals surface area contributed by atoms with Gasteiger partial charge in [-0.3, -0.25) is 4.79 Å². The number of carbonyl (C=O) groups is 2. The van der Waals surface area contributed by atoms with Gasteiger partial charge in [0.25, 0.3) is 0 Å². The Balaban J connectivity index is 2.74. The number of aliphatic carboxylic acids is 1. The molecule has 1 saturated carbocycles. The maximum atomic E-state index is 12.4. The lowest BCUT2D eigenvalue weighted by Crippen LogP contribution is -2.76. The molecule has 1 aliphatic rings. The third-order valence-corrected chi connectivity index (χ3v) is 5.50. The van der Waals surface area contributed by atoms with E-state index in [1.54, 1.807) is 0 Å². The second kappa shape index (κ2) is 8.13. The number of carboxylic acids is 1. The summed E-state index contributed by atoms with van der Waals surface area (Å²) < 4.78 is 5.62. The fraction of sp³-hybridized carbons (Fsp3) is 0.889. The fourth-order valence-corrected chi connectivity index (χ4v) is 3.53. The molecule has 0 aromatic rings. The molecule has 0 radical (unpaired) electrons. The number of amides is 1. The van der Waals surface area contributed by atoms with Crippen LogP contribution in [0.1, 0.15) is 73.1 Å². The van der Waals surface area contributed by atoms with Crippen molar-refractivity contribution in [3.05, 3.63) is 0 Å². The Kier molecular flexibility index (Phi) is 7.05. The van der Waals surface area contributed by atoms with Crippen molar-refractivity contribution < 1.29 is 19.4 Å². The number of nitrogens with one attached hydrogen (secondary N) is 1. The van der Waals surface area contributed by atoms with Crippen molar-refractivity contribution in [3.8, 4) is 0 Å². The average Bonchev–Trinajstić information content (AvgIpc) is 2.49. The van der Waals surface area contributed by atoms with E-state index < -0.39 is 16.9 Å². The Bertz CT molecular complexity index is 421. The zero-order valence-corrected chi connectivity index (χ0v) is 15.3. The van der Waals surface area contributed by atoms with Crippen LogP contribution in [0.15, 0.2) is 0 Å². The number of ether oxygens (including phenoxy) is 1. The first-order valence-electron chi connectivity index (χ1n) is 8.91. The van der Waals surface area contributed by atoms with Gasteiger partial charge >= 0.3 is 5.97 Å². The first-order chi connectivity index (χ1) is 10.7. The van der Waals surface area contributed by atoms with E-state index in [-0.39, 0.29) is 12.0 Å². The molecule has 1 fully saturated rings. The molecule has 0 bridgehead atoms. The molecule has 0 saturated heterocycles. The molecule has 1 rings (SSSR count). The van der Waals surface area contributed by atoms with E-state index in [2.05, 4.69) is 19.2 Å². The second-order valence-electron chi connectivity index (χ2n) is 7.25. The molecule has 0 heterocycles. The van der Waals surface area contributed by atoms with Crippen LogP contribution in [-0.4, -0.2) is 35.2 Å². The third kappa shape index (κ3) is 4.06. The number of unbranched alkanes of at least 4 members (excludes halogenated alkanes) is 1. The highest BCUT2D eigenvalue weighted by Crippen LogP contribution is 2.51. The Morgan fingerprint density at radius 2 is 1.96 bits per heavy atom. The molecule has 0 aliphatic heterocycles. The monoisotopic (exact) mass is 327 g/mol. The largest absolute Gasteiger partial charge is 0.479 e. The molecule has 0 spiro atoms. The van der Waals surface area contributed by atoms with Gasteiger partial charge < -0.3 is 15.2 Å². The maximum absolute atomic E-state index is 12.4. The van der Waals surface area contributed by atoms with Crippen LogP contribution in [-0.2, 0) is 14.3 Å². The minimum atomic E-state index is -1.22. The van der Waals surface area contributed by atoms with Crippen molar-refractivity contribution >= 4 is 11.9 Å². The first-order valence-corrected chi connectivity index (χ1v) is 8.91. The average molecular weight is 327 g/mol. The van der Waals surface area contributed by atoms with Crippen molar-refractivity contribution in [2.75, 3.05) is 6.61 Å². The van der Waals surface area contributed by atoms with Crippen LogP contribution in [0, 0.1) is 11.3 Å². The molecule has 0 aromatic heterocycles. The van der Waals surface area contributed by atoms with Crippen molar-refractivity contribution in [3.63, 3.8) is 0 Å². The molecule has 3 atom stereocenters. The highest BCUT2D eigenvalue weighted by Gasteiger charge is 2.66. The summed E-state index contributed by atoms with van der Waals surface area (Å²) in [5.74, 6) is -0.793. The third-order valence-electron chi connectivity index (χ3n) is 5.50. The molecule has 2 N–H and O–H groups in total.